The van der Waals surface area contributed by atoms with E-state index in [1.807, 2.05) is 30.3 Å². The maximum atomic E-state index is 11.5. The highest BCUT2D eigenvalue weighted by atomic mass is 16.5. The van der Waals surface area contributed by atoms with Crippen LogP contribution in [0.1, 0.15) is 26.2 Å². The topological polar surface area (TPSA) is 51.2 Å². The third kappa shape index (κ3) is 3.95. The molecule has 0 aliphatic carbocycles. The number of unbranched alkanes of at least 4 members (excludes halogenated alkanes) is 2. The van der Waals surface area contributed by atoms with Crippen molar-refractivity contribution in [1.29, 1.82) is 0 Å². The van der Waals surface area contributed by atoms with Crippen LogP contribution in [0.25, 0.3) is 10.8 Å². The Labute approximate surface area is 112 Å². The molecule has 1 amide bonds. The summed E-state index contributed by atoms with van der Waals surface area (Å²) < 4.78 is 5.07. The Morgan fingerprint density at radius 2 is 2.05 bits per heavy atom. The first-order valence-electron chi connectivity index (χ1n) is 6.58. The second-order valence-corrected chi connectivity index (χ2v) is 4.38. The SMILES string of the molecule is CCCCCOC(=O)Nc1cc2ccccc2cn1. The van der Waals surface area contributed by atoms with Gasteiger partial charge in [-0.25, -0.2) is 9.78 Å². The number of carbonyl (C=O) groups excluding carboxylic acids is 1. The van der Waals surface area contributed by atoms with Crippen LogP contribution in [0.3, 0.4) is 0 Å². The van der Waals surface area contributed by atoms with Crippen molar-refractivity contribution in [3.8, 4) is 0 Å². The fraction of sp³-hybridized carbons (Fsp3) is 0.333. The molecule has 0 bridgehead atoms. The lowest BCUT2D eigenvalue weighted by molar-refractivity contribution is 0.159. The van der Waals surface area contributed by atoms with Gasteiger partial charge in [0, 0.05) is 11.6 Å². The van der Waals surface area contributed by atoms with Crippen molar-refractivity contribution in [3.05, 3.63) is 36.5 Å². The first-order valence-corrected chi connectivity index (χ1v) is 6.58. The number of pyridine rings is 1. The Morgan fingerprint density at radius 3 is 2.84 bits per heavy atom. The molecule has 100 valence electrons. The molecule has 4 nitrogen and oxygen atoms in total. The second-order valence-electron chi connectivity index (χ2n) is 4.38. The van der Waals surface area contributed by atoms with Crippen LogP contribution in [0.15, 0.2) is 36.5 Å². The van der Waals surface area contributed by atoms with Gasteiger partial charge in [0.15, 0.2) is 0 Å². The van der Waals surface area contributed by atoms with Gasteiger partial charge < -0.3 is 4.74 Å². The average molecular weight is 258 g/mol. The molecule has 0 unspecified atom stereocenters. The van der Waals surface area contributed by atoms with E-state index in [0.29, 0.717) is 12.4 Å². The van der Waals surface area contributed by atoms with E-state index in [-0.39, 0.29) is 0 Å². The molecule has 0 aliphatic rings. The van der Waals surface area contributed by atoms with Gasteiger partial charge >= 0.3 is 6.09 Å². The van der Waals surface area contributed by atoms with Crippen LogP contribution in [-0.4, -0.2) is 17.7 Å². The van der Waals surface area contributed by atoms with Gasteiger partial charge in [0.25, 0.3) is 0 Å². The smallest absolute Gasteiger partial charge is 0.412 e. The highest BCUT2D eigenvalue weighted by Crippen LogP contribution is 2.16. The van der Waals surface area contributed by atoms with E-state index in [0.717, 1.165) is 30.0 Å². The van der Waals surface area contributed by atoms with E-state index in [1.54, 1.807) is 6.20 Å². The fourth-order valence-corrected chi connectivity index (χ4v) is 1.81. The number of hydrogen-bond acceptors (Lipinski definition) is 3. The maximum absolute atomic E-state index is 11.5. The summed E-state index contributed by atoms with van der Waals surface area (Å²) in [6.07, 6.45) is 4.37. The summed E-state index contributed by atoms with van der Waals surface area (Å²) in [4.78, 5) is 15.7. The largest absolute Gasteiger partial charge is 0.449 e. The van der Waals surface area contributed by atoms with Crippen molar-refractivity contribution < 1.29 is 9.53 Å². The predicted octanol–water partition coefficient (Wildman–Crippen LogP) is 3.97. The molecule has 1 aromatic carbocycles. The Bertz CT molecular complexity index is 555. The molecule has 1 N–H and O–H groups in total. The molecule has 1 heterocycles. The summed E-state index contributed by atoms with van der Waals surface area (Å²) in [5, 5.41) is 4.72. The summed E-state index contributed by atoms with van der Waals surface area (Å²) in [5.41, 5.74) is 0. The van der Waals surface area contributed by atoms with Crippen LogP contribution in [0.2, 0.25) is 0 Å². The number of hydrogen-bond donors (Lipinski definition) is 1. The predicted molar refractivity (Wildman–Crippen MR) is 76.2 cm³/mol. The number of benzene rings is 1. The number of carbonyl (C=O) groups is 1. The summed E-state index contributed by atoms with van der Waals surface area (Å²) in [5.74, 6) is 0.513. The average Bonchev–Trinajstić information content (AvgIpc) is 2.43. The van der Waals surface area contributed by atoms with Crippen molar-refractivity contribution in [1.82, 2.24) is 4.98 Å². The Morgan fingerprint density at radius 1 is 1.26 bits per heavy atom. The van der Waals surface area contributed by atoms with Crippen LogP contribution >= 0.6 is 0 Å². The standard InChI is InChI=1S/C15H18N2O2/c1-2-3-6-9-19-15(18)17-14-10-12-7-4-5-8-13(12)11-16-14/h4-5,7-8,10-11H,2-3,6,9H2,1H3,(H,16,17,18). The van der Waals surface area contributed by atoms with Crippen molar-refractivity contribution in [2.24, 2.45) is 0 Å². The van der Waals surface area contributed by atoms with Crippen molar-refractivity contribution in [2.45, 2.75) is 26.2 Å². The van der Waals surface area contributed by atoms with Crippen molar-refractivity contribution >= 4 is 22.7 Å². The lowest BCUT2D eigenvalue weighted by Gasteiger charge is -2.06. The van der Waals surface area contributed by atoms with Gasteiger partial charge in [-0.2, -0.15) is 0 Å². The van der Waals surface area contributed by atoms with Gasteiger partial charge in [-0.05, 0) is 17.9 Å². The zero-order chi connectivity index (χ0) is 13.5. The number of fused-ring (bicyclic) bond motifs is 1. The number of amides is 1. The number of anilines is 1. The number of rotatable bonds is 5. The molecule has 19 heavy (non-hydrogen) atoms. The summed E-state index contributed by atoms with van der Waals surface area (Å²) >= 11 is 0. The third-order valence-electron chi connectivity index (χ3n) is 2.84. The number of ether oxygens (including phenoxy) is 1. The highest BCUT2D eigenvalue weighted by Gasteiger charge is 2.04. The normalized spacial score (nSPS) is 10.4. The zero-order valence-corrected chi connectivity index (χ0v) is 11.1. The highest BCUT2D eigenvalue weighted by molar-refractivity contribution is 5.89. The van der Waals surface area contributed by atoms with Crippen LogP contribution in [0, 0.1) is 0 Å². The first kappa shape index (κ1) is 13.3. The number of nitrogens with one attached hydrogen (secondary N) is 1. The van der Waals surface area contributed by atoms with Crippen LogP contribution < -0.4 is 5.32 Å². The molecule has 2 rings (SSSR count). The molecule has 2 aromatic rings. The van der Waals surface area contributed by atoms with E-state index in [1.165, 1.54) is 0 Å². The quantitative estimate of drug-likeness (QED) is 0.825. The van der Waals surface area contributed by atoms with Gasteiger partial charge in [0.05, 0.1) is 6.61 Å². The van der Waals surface area contributed by atoms with E-state index < -0.39 is 6.09 Å². The number of aromatic nitrogens is 1. The maximum Gasteiger partial charge on any atom is 0.412 e. The molecule has 0 saturated heterocycles. The minimum absolute atomic E-state index is 0.445. The summed E-state index contributed by atoms with van der Waals surface area (Å²) in [7, 11) is 0. The first-order chi connectivity index (χ1) is 9.29. The molecule has 4 heteroatoms. The Hall–Kier alpha value is -2.10. The van der Waals surface area contributed by atoms with E-state index in [4.69, 9.17) is 4.74 Å². The monoisotopic (exact) mass is 258 g/mol. The van der Waals surface area contributed by atoms with Gasteiger partial charge in [-0.1, -0.05) is 44.0 Å². The van der Waals surface area contributed by atoms with Gasteiger partial charge in [-0.15, -0.1) is 0 Å². The molecule has 0 atom stereocenters. The minimum atomic E-state index is -0.445. The molecular weight excluding hydrogens is 240 g/mol. The van der Waals surface area contributed by atoms with Gasteiger partial charge in [0.1, 0.15) is 5.82 Å². The van der Waals surface area contributed by atoms with Crippen LogP contribution in [0.5, 0.6) is 0 Å². The van der Waals surface area contributed by atoms with E-state index in [2.05, 4.69) is 17.2 Å². The lowest BCUT2D eigenvalue weighted by Crippen LogP contribution is -2.15. The molecule has 0 radical (unpaired) electrons. The third-order valence-corrected chi connectivity index (χ3v) is 2.84. The van der Waals surface area contributed by atoms with Crippen LogP contribution in [-0.2, 0) is 4.74 Å². The molecule has 1 aromatic heterocycles. The van der Waals surface area contributed by atoms with Crippen molar-refractivity contribution in [2.75, 3.05) is 11.9 Å². The molecule has 0 saturated carbocycles. The van der Waals surface area contributed by atoms with Gasteiger partial charge in [0.2, 0.25) is 0 Å². The Kier molecular flexibility index (Phi) is 4.72. The van der Waals surface area contributed by atoms with Gasteiger partial charge in [-0.3, -0.25) is 5.32 Å². The van der Waals surface area contributed by atoms with Crippen LogP contribution in [0.4, 0.5) is 10.6 Å². The minimum Gasteiger partial charge on any atom is -0.449 e. The summed E-state index contributed by atoms with van der Waals surface area (Å²) in [6.45, 7) is 2.56. The number of nitrogens with zero attached hydrogens (tertiary/aromatic N) is 1. The molecule has 0 spiro atoms. The Balaban J connectivity index is 1.91. The molecule has 0 fully saturated rings. The molecular formula is C15H18N2O2. The molecule has 0 aliphatic heterocycles. The zero-order valence-electron chi connectivity index (χ0n) is 11.1. The van der Waals surface area contributed by atoms with E-state index in [9.17, 15) is 4.79 Å². The fourth-order valence-electron chi connectivity index (χ4n) is 1.81. The van der Waals surface area contributed by atoms with Crippen molar-refractivity contribution in [3.63, 3.8) is 0 Å². The summed E-state index contributed by atoms with van der Waals surface area (Å²) in [6, 6.07) is 9.71. The second kappa shape index (κ2) is 6.73. The lowest BCUT2D eigenvalue weighted by atomic mass is 10.2. The van der Waals surface area contributed by atoms with E-state index >= 15 is 0 Å².